The van der Waals surface area contributed by atoms with Crippen LogP contribution in [0.5, 0.6) is 0 Å². The summed E-state index contributed by atoms with van der Waals surface area (Å²) in [5, 5.41) is 3.51. The summed E-state index contributed by atoms with van der Waals surface area (Å²) in [5.74, 6) is 1.81. The van der Waals surface area contributed by atoms with Gasteiger partial charge < -0.3 is 15.1 Å². The SMILES string of the molecule is CCNC(=NCC1CCN(C)C1)N1CCN(C(C)c2ccc(Br)cc2)CC1.I. The average Bonchev–Trinajstić information content (AvgIpc) is 3.10. The van der Waals surface area contributed by atoms with Gasteiger partial charge in [-0.25, -0.2) is 0 Å². The summed E-state index contributed by atoms with van der Waals surface area (Å²) in [4.78, 5) is 12.4. The standard InChI is InChI=1S/C21H34BrN5.HI/c1-4-23-21(24-15-18-9-10-25(3)16-18)27-13-11-26(12-14-27)17(2)19-5-7-20(22)8-6-19;/h5-8,17-18H,4,9-16H2,1-3H3,(H,23,24);1H. The number of piperazine rings is 1. The van der Waals surface area contributed by atoms with Crippen molar-refractivity contribution in [3.8, 4) is 0 Å². The fraction of sp³-hybridized carbons (Fsp3) is 0.667. The van der Waals surface area contributed by atoms with E-state index in [1.54, 1.807) is 0 Å². The Morgan fingerprint density at radius 2 is 1.86 bits per heavy atom. The maximum Gasteiger partial charge on any atom is 0.194 e. The molecule has 1 N–H and O–H groups in total. The number of likely N-dealkylation sites (tertiary alicyclic amines) is 1. The third-order valence-corrected chi connectivity index (χ3v) is 6.37. The summed E-state index contributed by atoms with van der Waals surface area (Å²) in [6.07, 6.45) is 1.28. The molecule has 2 atom stereocenters. The quantitative estimate of drug-likeness (QED) is 0.337. The zero-order valence-electron chi connectivity index (χ0n) is 17.4. The Bertz CT molecular complexity index is 616. The first-order valence-corrected chi connectivity index (χ1v) is 11.1. The summed E-state index contributed by atoms with van der Waals surface area (Å²) in [7, 11) is 2.21. The smallest absolute Gasteiger partial charge is 0.194 e. The molecule has 2 heterocycles. The van der Waals surface area contributed by atoms with Gasteiger partial charge in [-0.05, 0) is 57.5 Å². The van der Waals surface area contributed by atoms with Crippen LogP contribution in [-0.4, -0.2) is 80.1 Å². The molecule has 3 rings (SSSR count). The van der Waals surface area contributed by atoms with Crippen LogP contribution >= 0.6 is 39.9 Å². The molecule has 2 fully saturated rings. The molecule has 0 aromatic heterocycles. The number of rotatable bonds is 5. The monoisotopic (exact) mass is 563 g/mol. The van der Waals surface area contributed by atoms with Crippen LogP contribution in [0, 0.1) is 5.92 Å². The van der Waals surface area contributed by atoms with Gasteiger partial charge in [0.05, 0.1) is 0 Å². The van der Waals surface area contributed by atoms with E-state index < -0.39 is 0 Å². The van der Waals surface area contributed by atoms with Crippen LogP contribution in [0.2, 0.25) is 0 Å². The molecular weight excluding hydrogens is 529 g/mol. The first-order valence-electron chi connectivity index (χ1n) is 10.3. The maximum absolute atomic E-state index is 4.97. The van der Waals surface area contributed by atoms with Crippen LogP contribution in [0.15, 0.2) is 33.7 Å². The van der Waals surface area contributed by atoms with Crippen molar-refractivity contribution >= 4 is 45.9 Å². The molecule has 0 amide bonds. The lowest BCUT2D eigenvalue weighted by Crippen LogP contribution is -2.53. The Morgan fingerprint density at radius 1 is 1.18 bits per heavy atom. The van der Waals surface area contributed by atoms with E-state index in [9.17, 15) is 0 Å². The molecule has 0 saturated carbocycles. The molecule has 0 bridgehead atoms. The van der Waals surface area contributed by atoms with E-state index in [-0.39, 0.29) is 24.0 Å². The lowest BCUT2D eigenvalue weighted by atomic mass is 10.1. The summed E-state index contributed by atoms with van der Waals surface area (Å²) >= 11 is 3.53. The summed E-state index contributed by atoms with van der Waals surface area (Å²) in [5.41, 5.74) is 1.39. The summed E-state index contributed by atoms with van der Waals surface area (Å²) < 4.78 is 1.14. The van der Waals surface area contributed by atoms with Crippen LogP contribution in [0.25, 0.3) is 0 Å². The normalized spacial score (nSPS) is 22.8. The van der Waals surface area contributed by atoms with Crippen molar-refractivity contribution in [1.82, 2.24) is 20.0 Å². The van der Waals surface area contributed by atoms with Crippen LogP contribution in [0.4, 0.5) is 0 Å². The van der Waals surface area contributed by atoms with E-state index in [0.717, 1.165) is 49.7 Å². The van der Waals surface area contributed by atoms with Crippen molar-refractivity contribution in [2.45, 2.75) is 26.3 Å². The lowest BCUT2D eigenvalue weighted by molar-refractivity contribution is 0.138. The fourth-order valence-electron chi connectivity index (χ4n) is 4.09. The molecule has 0 aliphatic carbocycles. The molecule has 1 aromatic rings. The molecule has 2 aliphatic rings. The molecule has 0 radical (unpaired) electrons. The number of benzene rings is 1. The molecule has 7 heteroatoms. The number of guanidine groups is 1. The van der Waals surface area contributed by atoms with Crippen LogP contribution < -0.4 is 5.32 Å². The van der Waals surface area contributed by atoms with Crippen LogP contribution in [-0.2, 0) is 0 Å². The molecule has 0 spiro atoms. The Kier molecular flexibility index (Phi) is 10.00. The summed E-state index contributed by atoms with van der Waals surface area (Å²) in [6.45, 7) is 13.0. The first-order chi connectivity index (χ1) is 13.1. The second-order valence-electron chi connectivity index (χ2n) is 7.86. The van der Waals surface area contributed by atoms with Gasteiger partial charge in [-0.2, -0.15) is 0 Å². The number of nitrogens with zero attached hydrogens (tertiary/aromatic N) is 4. The number of nitrogens with one attached hydrogen (secondary N) is 1. The minimum absolute atomic E-state index is 0. The molecule has 2 saturated heterocycles. The van der Waals surface area contributed by atoms with E-state index in [1.165, 1.54) is 25.1 Å². The predicted octanol–water partition coefficient (Wildman–Crippen LogP) is 3.66. The van der Waals surface area contributed by atoms with Gasteiger partial charge in [0.1, 0.15) is 0 Å². The summed E-state index contributed by atoms with van der Waals surface area (Å²) in [6, 6.07) is 9.18. The molecule has 158 valence electrons. The van der Waals surface area contributed by atoms with E-state index in [0.29, 0.717) is 12.0 Å². The van der Waals surface area contributed by atoms with Gasteiger partial charge in [-0.1, -0.05) is 28.1 Å². The lowest BCUT2D eigenvalue weighted by Gasteiger charge is -2.39. The number of hydrogen-bond donors (Lipinski definition) is 1. The minimum atomic E-state index is 0. The van der Waals surface area contributed by atoms with Gasteiger partial charge in [-0.15, -0.1) is 24.0 Å². The van der Waals surface area contributed by atoms with Crippen molar-refractivity contribution in [3.05, 3.63) is 34.3 Å². The Labute approximate surface area is 196 Å². The third kappa shape index (κ3) is 6.57. The Morgan fingerprint density at radius 3 is 2.43 bits per heavy atom. The van der Waals surface area contributed by atoms with Crippen molar-refractivity contribution in [3.63, 3.8) is 0 Å². The predicted molar refractivity (Wildman–Crippen MR) is 133 cm³/mol. The Hall–Kier alpha value is -0.380. The maximum atomic E-state index is 4.97. The average molecular weight is 564 g/mol. The zero-order valence-corrected chi connectivity index (χ0v) is 21.3. The van der Waals surface area contributed by atoms with E-state index in [1.807, 2.05) is 0 Å². The highest BCUT2D eigenvalue weighted by Gasteiger charge is 2.24. The van der Waals surface area contributed by atoms with Gasteiger partial charge in [0.15, 0.2) is 5.96 Å². The molecule has 5 nitrogen and oxygen atoms in total. The van der Waals surface area contributed by atoms with Crippen molar-refractivity contribution < 1.29 is 0 Å². The second kappa shape index (κ2) is 11.7. The molecule has 2 unspecified atom stereocenters. The van der Waals surface area contributed by atoms with Crippen molar-refractivity contribution in [2.75, 3.05) is 59.4 Å². The topological polar surface area (TPSA) is 34.1 Å². The Balaban J connectivity index is 0.00000280. The highest BCUT2D eigenvalue weighted by molar-refractivity contribution is 14.0. The van der Waals surface area contributed by atoms with Gasteiger partial charge >= 0.3 is 0 Å². The van der Waals surface area contributed by atoms with Gasteiger partial charge in [0.25, 0.3) is 0 Å². The zero-order chi connectivity index (χ0) is 19.2. The number of hydrogen-bond acceptors (Lipinski definition) is 3. The first kappa shape index (κ1) is 23.9. The van der Waals surface area contributed by atoms with E-state index in [2.05, 4.69) is 81.1 Å². The highest BCUT2D eigenvalue weighted by atomic mass is 127. The number of aliphatic imine (C=N–C) groups is 1. The van der Waals surface area contributed by atoms with Gasteiger partial charge in [0.2, 0.25) is 0 Å². The van der Waals surface area contributed by atoms with Gasteiger partial charge in [-0.3, -0.25) is 9.89 Å². The molecular formula is C21H35BrIN5. The largest absolute Gasteiger partial charge is 0.357 e. The van der Waals surface area contributed by atoms with Crippen molar-refractivity contribution in [2.24, 2.45) is 10.9 Å². The molecule has 1 aromatic carbocycles. The molecule has 2 aliphatic heterocycles. The fourth-order valence-corrected chi connectivity index (χ4v) is 4.35. The van der Waals surface area contributed by atoms with Crippen LogP contribution in [0.3, 0.4) is 0 Å². The molecule has 28 heavy (non-hydrogen) atoms. The number of halogens is 2. The third-order valence-electron chi connectivity index (χ3n) is 5.84. The van der Waals surface area contributed by atoms with Crippen molar-refractivity contribution in [1.29, 1.82) is 0 Å². The van der Waals surface area contributed by atoms with E-state index in [4.69, 9.17) is 4.99 Å². The van der Waals surface area contributed by atoms with E-state index >= 15 is 0 Å². The second-order valence-corrected chi connectivity index (χ2v) is 8.78. The van der Waals surface area contributed by atoms with Crippen LogP contribution in [0.1, 0.15) is 31.9 Å². The van der Waals surface area contributed by atoms with Gasteiger partial charge in [0, 0.05) is 56.3 Å². The highest BCUT2D eigenvalue weighted by Crippen LogP contribution is 2.23. The minimum Gasteiger partial charge on any atom is -0.357 e.